The third-order valence-electron chi connectivity index (χ3n) is 5.25. The van der Waals surface area contributed by atoms with E-state index in [2.05, 4.69) is 29.5 Å². The van der Waals surface area contributed by atoms with Crippen molar-refractivity contribution in [1.29, 1.82) is 0 Å². The number of amides is 3. The molecule has 25 heavy (non-hydrogen) atoms. The summed E-state index contributed by atoms with van der Waals surface area (Å²) in [6.45, 7) is 9.69. The van der Waals surface area contributed by atoms with E-state index >= 15 is 0 Å². The third-order valence-corrected chi connectivity index (χ3v) is 5.25. The molecule has 0 aromatic heterocycles. The van der Waals surface area contributed by atoms with Crippen LogP contribution in [-0.4, -0.2) is 61.0 Å². The maximum atomic E-state index is 13.1. The summed E-state index contributed by atoms with van der Waals surface area (Å²) in [5.41, 5.74) is 1.28. The lowest BCUT2D eigenvalue weighted by atomic mass is 9.83. The number of carbonyl (C=O) groups is 2. The minimum absolute atomic E-state index is 0.00118. The Morgan fingerprint density at radius 3 is 2.60 bits per heavy atom. The number of hydrogen-bond acceptors (Lipinski definition) is 3. The van der Waals surface area contributed by atoms with Gasteiger partial charge in [-0.2, -0.15) is 0 Å². The highest BCUT2D eigenvalue weighted by molar-refractivity contribution is 6.03. The number of hydrogen-bond donors (Lipinski definition) is 2. The van der Waals surface area contributed by atoms with E-state index in [1.54, 1.807) is 12.1 Å². The fourth-order valence-electron chi connectivity index (χ4n) is 4.15. The van der Waals surface area contributed by atoms with Crippen molar-refractivity contribution < 1.29 is 9.59 Å². The molecule has 2 saturated heterocycles. The largest absolute Gasteiger partial charge is 0.338 e. The lowest BCUT2D eigenvalue weighted by Crippen LogP contribution is -2.36. The number of likely N-dealkylation sites (tertiary alicyclic amines) is 2. The first kappa shape index (κ1) is 17.7. The van der Waals surface area contributed by atoms with E-state index in [9.17, 15) is 9.59 Å². The van der Waals surface area contributed by atoms with E-state index in [4.69, 9.17) is 0 Å². The van der Waals surface area contributed by atoms with Crippen molar-refractivity contribution in [3.8, 4) is 0 Å². The number of carbonyl (C=O) groups excluding carboxylic acids is 2. The second-order valence-electron chi connectivity index (χ2n) is 8.03. The first-order chi connectivity index (χ1) is 11.8. The summed E-state index contributed by atoms with van der Waals surface area (Å²) in [5, 5.41) is 5.60. The molecule has 2 atom stereocenters. The Kier molecular flexibility index (Phi) is 4.73. The van der Waals surface area contributed by atoms with Gasteiger partial charge in [-0.3, -0.25) is 4.79 Å². The van der Waals surface area contributed by atoms with Crippen LogP contribution in [0.5, 0.6) is 0 Å². The van der Waals surface area contributed by atoms with Gasteiger partial charge in [0.25, 0.3) is 5.91 Å². The van der Waals surface area contributed by atoms with Gasteiger partial charge in [-0.1, -0.05) is 19.1 Å². The minimum Gasteiger partial charge on any atom is -0.338 e. The van der Waals surface area contributed by atoms with Gasteiger partial charge >= 0.3 is 6.03 Å². The Hall–Kier alpha value is -2.08. The standard InChI is InChI=1S/C19H28N4O2/c1-13(2)20-18(25)21-16-8-6-5-7-15(16)17(24)23-10-14-9-22(4)11-19(14,3)12-23/h5-8,13-14H,9-12H2,1-4H3,(H2,20,21,25)/t14-,19+/m0/s1. The van der Waals surface area contributed by atoms with Crippen molar-refractivity contribution in [1.82, 2.24) is 15.1 Å². The van der Waals surface area contributed by atoms with Gasteiger partial charge in [0, 0.05) is 37.6 Å². The molecule has 1 aromatic rings. The maximum absolute atomic E-state index is 13.1. The van der Waals surface area contributed by atoms with Crippen molar-refractivity contribution in [3.05, 3.63) is 29.8 Å². The number of nitrogens with one attached hydrogen (secondary N) is 2. The predicted octanol–water partition coefficient (Wildman–Crippen LogP) is 2.24. The van der Waals surface area contributed by atoms with Crippen LogP contribution < -0.4 is 10.6 Å². The highest BCUT2D eigenvalue weighted by Gasteiger charge is 2.49. The van der Waals surface area contributed by atoms with Crippen LogP contribution in [0.2, 0.25) is 0 Å². The van der Waals surface area contributed by atoms with E-state index in [-0.39, 0.29) is 23.4 Å². The Labute approximate surface area is 149 Å². The zero-order valence-electron chi connectivity index (χ0n) is 15.5. The monoisotopic (exact) mass is 344 g/mol. The van der Waals surface area contributed by atoms with Crippen molar-refractivity contribution >= 4 is 17.6 Å². The molecule has 2 aliphatic heterocycles. The van der Waals surface area contributed by atoms with Crippen LogP contribution in [0.4, 0.5) is 10.5 Å². The van der Waals surface area contributed by atoms with Crippen LogP contribution in [0.1, 0.15) is 31.1 Å². The molecular formula is C19H28N4O2. The molecule has 2 fully saturated rings. The third kappa shape index (κ3) is 3.63. The molecule has 136 valence electrons. The van der Waals surface area contributed by atoms with Crippen LogP contribution in [0.3, 0.4) is 0 Å². The van der Waals surface area contributed by atoms with Crippen LogP contribution in [0.25, 0.3) is 0 Å². The van der Waals surface area contributed by atoms with Gasteiger partial charge < -0.3 is 20.4 Å². The van der Waals surface area contributed by atoms with Crippen LogP contribution in [-0.2, 0) is 0 Å². The Morgan fingerprint density at radius 1 is 1.20 bits per heavy atom. The van der Waals surface area contributed by atoms with Crippen LogP contribution in [0.15, 0.2) is 24.3 Å². The number of benzene rings is 1. The molecule has 2 aliphatic rings. The maximum Gasteiger partial charge on any atom is 0.319 e. The molecule has 3 rings (SSSR count). The quantitative estimate of drug-likeness (QED) is 0.884. The lowest BCUT2D eigenvalue weighted by Gasteiger charge is -2.24. The van der Waals surface area contributed by atoms with Crippen LogP contribution >= 0.6 is 0 Å². The molecule has 0 saturated carbocycles. The normalized spacial score (nSPS) is 26.0. The second kappa shape index (κ2) is 6.67. The Bertz CT molecular complexity index is 675. The molecule has 2 heterocycles. The summed E-state index contributed by atoms with van der Waals surface area (Å²) in [6.07, 6.45) is 0. The van der Waals surface area contributed by atoms with Crippen molar-refractivity contribution in [2.75, 3.05) is 38.5 Å². The Balaban J connectivity index is 1.74. The summed E-state index contributed by atoms with van der Waals surface area (Å²) in [4.78, 5) is 29.4. The van der Waals surface area contributed by atoms with E-state index in [1.165, 1.54) is 0 Å². The number of nitrogens with zero attached hydrogens (tertiary/aromatic N) is 2. The molecule has 2 N–H and O–H groups in total. The molecule has 0 radical (unpaired) electrons. The molecule has 0 unspecified atom stereocenters. The smallest absolute Gasteiger partial charge is 0.319 e. The summed E-state index contributed by atoms with van der Waals surface area (Å²) in [5.74, 6) is 0.518. The second-order valence-corrected chi connectivity index (χ2v) is 8.03. The highest BCUT2D eigenvalue weighted by atomic mass is 16.2. The zero-order valence-corrected chi connectivity index (χ0v) is 15.5. The average Bonchev–Trinajstić information content (AvgIpc) is 2.96. The van der Waals surface area contributed by atoms with Gasteiger partial charge in [0.1, 0.15) is 0 Å². The van der Waals surface area contributed by atoms with Gasteiger partial charge in [-0.05, 0) is 38.9 Å². The topological polar surface area (TPSA) is 64.7 Å². The highest BCUT2D eigenvalue weighted by Crippen LogP contribution is 2.42. The number of anilines is 1. The molecule has 0 bridgehead atoms. The SMILES string of the molecule is CC(C)NC(=O)Nc1ccccc1C(=O)N1C[C@@H]2CN(C)C[C@]2(C)C1. The number of urea groups is 1. The van der Waals surface area contributed by atoms with E-state index in [0.29, 0.717) is 17.2 Å². The van der Waals surface area contributed by atoms with Gasteiger partial charge in [0.05, 0.1) is 11.3 Å². The summed E-state index contributed by atoms with van der Waals surface area (Å²) >= 11 is 0. The molecular weight excluding hydrogens is 316 g/mol. The molecule has 0 spiro atoms. The lowest BCUT2D eigenvalue weighted by molar-refractivity contribution is 0.0766. The van der Waals surface area contributed by atoms with Gasteiger partial charge in [0.2, 0.25) is 0 Å². The van der Waals surface area contributed by atoms with E-state index < -0.39 is 0 Å². The Morgan fingerprint density at radius 2 is 1.92 bits per heavy atom. The van der Waals surface area contributed by atoms with Gasteiger partial charge in [-0.15, -0.1) is 0 Å². The fourth-order valence-corrected chi connectivity index (χ4v) is 4.15. The number of rotatable bonds is 3. The van der Waals surface area contributed by atoms with Gasteiger partial charge in [-0.25, -0.2) is 4.79 Å². The van der Waals surface area contributed by atoms with E-state index in [0.717, 1.165) is 26.2 Å². The molecule has 0 aliphatic carbocycles. The minimum atomic E-state index is -0.290. The molecule has 3 amide bonds. The van der Waals surface area contributed by atoms with Gasteiger partial charge in [0.15, 0.2) is 0 Å². The summed E-state index contributed by atoms with van der Waals surface area (Å²) < 4.78 is 0. The summed E-state index contributed by atoms with van der Waals surface area (Å²) in [7, 11) is 2.14. The van der Waals surface area contributed by atoms with Crippen LogP contribution in [0, 0.1) is 11.3 Å². The van der Waals surface area contributed by atoms with E-state index in [1.807, 2.05) is 30.9 Å². The van der Waals surface area contributed by atoms with Crippen molar-refractivity contribution in [2.24, 2.45) is 11.3 Å². The average molecular weight is 344 g/mol. The first-order valence-electron chi connectivity index (χ1n) is 8.93. The first-order valence-corrected chi connectivity index (χ1v) is 8.93. The molecule has 1 aromatic carbocycles. The molecule has 6 heteroatoms. The molecule has 6 nitrogen and oxygen atoms in total. The fraction of sp³-hybridized carbons (Fsp3) is 0.579. The van der Waals surface area contributed by atoms with Crippen molar-refractivity contribution in [2.45, 2.75) is 26.8 Å². The summed E-state index contributed by atoms with van der Waals surface area (Å²) in [6, 6.07) is 6.98. The van der Waals surface area contributed by atoms with Crippen molar-refractivity contribution in [3.63, 3.8) is 0 Å². The number of fused-ring (bicyclic) bond motifs is 1. The zero-order chi connectivity index (χ0) is 18.2. The number of para-hydroxylation sites is 1. The predicted molar refractivity (Wildman–Crippen MR) is 98.7 cm³/mol.